The standard InChI is InChI=1S/C22H22N6O2/c1-27(2)17-8-4-16(5-9-17)22(29)23-14-21-25-24-20-13-12-19(26-28(20)21)15-6-10-18(30-3)11-7-15/h4-13H,14H2,1-3H3,(H,23,29). The number of benzene rings is 2. The van der Waals surface area contributed by atoms with Crippen LogP contribution in [0.15, 0.2) is 60.7 Å². The highest BCUT2D eigenvalue weighted by molar-refractivity contribution is 5.94. The van der Waals surface area contributed by atoms with E-state index in [-0.39, 0.29) is 12.5 Å². The Morgan fingerprint density at radius 2 is 1.73 bits per heavy atom. The summed E-state index contributed by atoms with van der Waals surface area (Å²) in [7, 11) is 5.55. The van der Waals surface area contributed by atoms with Crippen molar-refractivity contribution in [3.05, 3.63) is 72.1 Å². The molecule has 30 heavy (non-hydrogen) atoms. The first-order chi connectivity index (χ1) is 14.5. The Kier molecular flexibility index (Phi) is 5.30. The summed E-state index contributed by atoms with van der Waals surface area (Å²) in [5.74, 6) is 1.16. The molecule has 0 saturated heterocycles. The lowest BCUT2D eigenvalue weighted by molar-refractivity contribution is 0.0949. The van der Waals surface area contributed by atoms with Crippen LogP contribution in [0.5, 0.6) is 5.75 Å². The molecule has 2 aromatic carbocycles. The van der Waals surface area contributed by atoms with Gasteiger partial charge in [-0.05, 0) is 60.7 Å². The highest BCUT2D eigenvalue weighted by Gasteiger charge is 2.12. The molecule has 0 spiro atoms. The summed E-state index contributed by atoms with van der Waals surface area (Å²) in [5, 5.41) is 15.8. The molecule has 0 saturated carbocycles. The van der Waals surface area contributed by atoms with Crippen molar-refractivity contribution in [2.45, 2.75) is 6.54 Å². The molecule has 4 aromatic rings. The van der Waals surface area contributed by atoms with Gasteiger partial charge in [-0.1, -0.05) is 0 Å². The Labute approximate surface area is 174 Å². The van der Waals surface area contributed by atoms with Crippen LogP contribution in [0.2, 0.25) is 0 Å². The molecular formula is C22H22N6O2. The molecule has 1 amide bonds. The number of aromatic nitrogens is 4. The maximum Gasteiger partial charge on any atom is 0.251 e. The molecule has 8 nitrogen and oxygen atoms in total. The van der Waals surface area contributed by atoms with Crippen LogP contribution in [0.4, 0.5) is 5.69 Å². The fourth-order valence-electron chi connectivity index (χ4n) is 3.03. The van der Waals surface area contributed by atoms with Crippen LogP contribution in [-0.4, -0.2) is 46.9 Å². The van der Waals surface area contributed by atoms with E-state index in [9.17, 15) is 4.79 Å². The SMILES string of the molecule is COc1ccc(-c2ccc3nnc(CNC(=O)c4ccc(N(C)C)cc4)n3n2)cc1. The molecule has 0 bridgehead atoms. The lowest BCUT2D eigenvalue weighted by Crippen LogP contribution is -2.24. The Morgan fingerprint density at radius 1 is 1.00 bits per heavy atom. The molecular weight excluding hydrogens is 380 g/mol. The number of anilines is 1. The molecule has 2 heterocycles. The minimum Gasteiger partial charge on any atom is -0.497 e. The topological polar surface area (TPSA) is 84.7 Å². The first kappa shape index (κ1) is 19.4. The van der Waals surface area contributed by atoms with Crippen molar-refractivity contribution in [1.82, 2.24) is 25.1 Å². The largest absolute Gasteiger partial charge is 0.497 e. The van der Waals surface area contributed by atoms with Gasteiger partial charge in [-0.25, -0.2) is 0 Å². The number of fused-ring (bicyclic) bond motifs is 1. The second-order valence-corrected chi connectivity index (χ2v) is 6.96. The van der Waals surface area contributed by atoms with Gasteiger partial charge in [-0.2, -0.15) is 9.61 Å². The second-order valence-electron chi connectivity index (χ2n) is 6.96. The van der Waals surface area contributed by atoms with Crippen LogP contribution in [0, 0.1) is 0 Å². The smallest absolute Gasteiger partial charge is 0.251 e. The number of ether oxygens (including phenoxy) is 1. The summed E-state index contributed by atoms with van der Waals surface area (Å²) in [6, 6.07) is 18.8. The summed E-state index contributed by atoms with van der Waals surface area (Å²) in [4.78, 5) is 14.5. The summed E-state index contributed by atoms with van der Waals surface area (Å²) in [6.45, 7) is 0.217. The molecule has 1 N–H and O–H groups in total. The van der Waals surface area contributed by atoms with Crippen LogP contribution in [0.3, 0.4) is 0 Å². The van der Waals surface area contributed by atoms with E-state index < -0.39 is 0 Å². The average molecular weight is 402 g/mol. The monoisotopic (exact) mass is 402 g/mol. The Hall–Kier alpha value is -3.94. The minimum absolute atomic E-state index is 0.177. The first-order valence-electron chi connectivity index (χ1n) is 9.46. The molecule has 4 rings (SSSR count). The van der Waals surface area contributed by atoms with E-state index in [1.807, 2.05) is 67.5 Å². The summed E-state index contributed by atoms with van der Waals surface area (Å²) in [6.07, 6.45) is 0. The van der Waals surface area contributed by atoms with Crippen molar-refractivity contribution in [3.63, 3.8) is 0 Å². The lowest BCUT2D eigenvalue weighted by Gasteiger charge is -2.12. The highest BCUT2D eigenvalue weighted by Crippen LogP contribution is 2.21. The van der Waals surface area contributed by atoms with E-state index in [0.717, 1.165) is 22.7 Å². The Bertz CT molecular complexity index is 1170. The molecule has 0 fully saturated rings. The quantitative estimate of drug-likeness (QED) is 0.534. The van der Waals surface area contributed by atoms with Crippen LogP contribution in [0.25, 0.3) is 16.9 Å². The van der Waals surface area contributed by atoms with Crippen LogP contribution in [-0.2, 0) is 6.54 Å². The number of hydrogen-bond acceptors (Lipinski definition) is 6. The maximum absolute atomic E-state index is 12.5. The van der Waals surface area contributed by atoms with Crippen molar-refractivity contribution < 1.29 is 9.53 Å². The van der Waals surface area contributed by atoms with E-state index in [1.54, 1.807) is 23.8 Å². The van der Waals surface area contributed by atoms with Crippen LogP contribution < -0.4 is 15.0 Å². The molecule has 8 heteroatoms. The minimum atomic E-state index is -0.177. The molecule has 0 radical (unpaired) electrons. The number of hydrogen-bond donors (Lipinski definition) is 1. The predicted molar refractivity (Wildman–Crippen MR) is 115 cm³/mol. The van der Waals surface area contributed by atoms with Gasteiger partial charge >= 0.3 is 0 Å². The third-order valence-electron chi connectivity index (χ3n) is 4.77. The van der Waals surface area contributed by atoms with E-state index >= 15 is 0 Å². The number of carbonyl (C=O) groups excluding carboxylic acids is 1. The van der Waals surface area contributed by atoms with Crippen molar-refractivity contribution in [2.24, 2.45) is 0 Å². The van der Waals surface area contributed by atoms with Gasteiger partial charge < -0.3 is 15.0 Å². The van der Waals surface area contributed by atoms with Gasteiger partial charge in [0.15, 0.2) is 11.5 Å². The molecule has 0 aliphatic carbocycles. The average Bonchev–Trinajstić information content (AvgIpc) is 3.19. The third kappa shape index (κ3) is 3.93. The lowest BCUT2D eigenvalue weighted by atomic mass is 10.1. The second kappa shape index (κ2) is 8.20. The number of methoxy groups -OCH3 is 1. The summed E-state index contributed by atoms with van der Waals surface area (Å²) < 4.78 is 6.85. The zero-order valence-corrected chi connectivity index (χ0v) is 17.0. The van der Waals surface area contributed by atoms with Gasteiger partial charge in [0.1, 0.15) is 5.75 Å². The number of nitrogens with zero attached hydrogens (tertiary/aromatic N) is 5. The van der Waals surface area contributed by atoms with Crippen molar-refractivity contribution >= 4 is 17.2 Å². The van der Waals surface area contributed by atoms with Gasteiger partial charge in [0.05, 0.1) is 19.3 Å². The first-order valence-corrected chi connectivity index (χ1v) is 9.46. The normalized spacial score (nSPS) is 10.8. The number of nitrogens with one attached hydrogen (secondary N) is 1. The zero-order chi connectivity index (χ0) is 21.1. The van der Waals surface area contributed by atoms with Crippen molar-refractivity contribution in [2.75, 3.05) is 26.1 Å². The van der Waals surface area contributed by atoms with E-state index in [1.165, 1.54) is 0 Å². The molecule has 0 atom stereocenters. The molecule has 0 aliphatic heterocycles. The molecule has 2 aromatic heterocycles. The summed E-state index contributed by atoms with van der Waals surface area (Å²) in [5.41, 5.74) is 3.96. The molecule has 152 valence electrons. The van der Waals surface area contributed by atoms with Crippen molar-refractivity contribution in [1.29, 1.82) is 0 Å². The van der Waals surface area contributed by atoms with Crippen LogP contribution >= 0.6 is 0 Å². The molecule has 0 unspecified atom stereocenters. The predicted octanol–water partition coefficient (Wildman–Crippen LogP) is 2.80. The zero-order valence-electron chi connectivity index (χ0n) is 17.0. The van der Waals surface area contributed by atoms with Gasteiger partial charge in [0, 0.05) is 30.9 Å². The van der Waals surface area contributed by atoms with Crippen molar-refractivity contribution in [3.8, 4) is 17.0 Å². The Balaban J connectivity index is 1.51. The van der Waals surface area contributed by atoms with E-state index in [4.69, 9.17) is 4.74 Å². The van der Waals surface area contributed by atoms with Gasteiger partial charge in [0.2, 0.25) is 0 Å². The molecule has 0 aliphatic rings. The van der Waals surface area contributed by atoms with E-state index in [2.05, 4.69) is 20.6 Å². The maximum atomic E-state index is 12.5. The number of amides is 1. The fourth-order valence-corrected chi connectivity index (χ4v) is 3.03. The number of rotatable bonds is 6. The van der Waals surface area contributed by atoms with E-state index in [0.29, 0.717) is 17.0 Å². The Morgan fingerprint density at radius 3 is 2.40 bits per heavy atom. The van der Waals surface area contributed by atoms with Crippen LogP contribution in [0.1, 0.15) is 16.2 Å². The fraction of sp³-hybridized carbons (Fsp3) is 0.182. The summed E-state index contributed by atoms with van der Waals surface area (Å²) >= 11 is 0. The van der Waals surface area contributed by atoms with Gasteiger partial charge in [-0.3, -0.25) is 4.79 Å². The van der Waals surface area contributed by atoms with Gasteiger partial charge in [-0.15, -0.1) is 10.2 Å². The highest BCUT2D eigenvalue weighted by atomic mass is 16.5. The third-order valence-corrected chi connectivity index (χ3v) is 4.77. The number of carbonyl (C=O) groups is 1. The van der Waals surface area contributed by atoms with Gasteiger partial charge in [0.25, 0.3) is 5.91 Å².